The van der Waals surface area contributed by atoms with Crippen molar-refractivity contribution in [2.24, 2.45) is 0 Å². The third-order valence-electron chi connectivity index (χ3n) is 3.40. The van der Waals surface area contributed by atoms with Crippen molar-refractivity contribution in [2.45, 2.75) is 27.7 Å². The Morgan fingerprint density at radius 1 is 0.867 bits per heavy atom. The normalized spacial score (nSPS) is 10.9. The molecule has 0 N–H and O–H groups in total. The van der Waals surface area contributed by atoms with E-state index in [9.17, 15) is 0 Å². The van der Waals surface area contributed by atoms with Crippen molar-refractivity contribution in [3.63, 3.8) is 0 Å². The highest BCUT2D eigenvalue weighted by atomic mass is 127. The molecule has 0 spiro atoms. The summed E-state index contributed by atoms with van der Waals surface area (Å²) < 4.78 is 1.10. The third kappa shape index (κ3) is 3.18. The van der Waals surface area contributed by atoms with Gasteiger partial charge in [-0.3, -0.25) is 4.48 Å². The molecule has 0 amide bonds. The van der Waals surface area contributed by atoms with Gasteiger partial charge in [-0.25, -0.2) is 0 Å². The Balaban J connectivity index is 0.00000196. The summed E-state index contributed by atoms with van der Waals surface area (Å²) in [4.78, 5) is 0. The first-order chi connectivity index (χ1) is 6.68. The quantitative estimate of drug-likeness (QED) is 0.556. The number of rotatable bonds is 4. The molecule has 2 heteroatoms. The van der Waals surface area contributed by atoms with Crippen LogP contribution in [0.1, 0.15) is 26.3 Å². The maximum Gasteiger partial charge on any atom is 0.132 e. The minimum absolute atomic E-state index is 0. The second-order valence-corrected chi connectivity index (χ2v) is 3.93. The minimum atomic E-state index is 0. The summed E-state index contributed by atoms with van der Waals surface area (Å²) in [5.74, 6) is 0. The fourth-order valence-corrected chi connectivity index (χ4v) is 2.08. The minimum Gasteiger partial charge on any atom is -1.00 e. The summed E-state index contributed by atoms with van der Waals surface area (Å²) in [6.45, 7) is 12.5. The van der Waals surface area contributed by atoms with Crippen molar-refractivity contribution in [1.29, 1.82) is 0 Å². The number of benzene rings is 1. The summed E-state index contributed by atoms with van der Waals surface area (Å²) in [5.41, 5.74) is 2.79. The van der Waals surface area contributed by atoms with E-state index in [1.807, 2.05) is 0 Å². The lowest BCUT2D eigenvalue weighted by atomic mass is 10.2. The van der Waals surface area contributed by atoms with Crippen molar-refractivity contribution in [3.8, 4) is 0 Å². The predicted molar refractivity (Wildman–Crippen MR) is 64.6 cm³/mol. The Hall–Kier alpha value is -0.0900. The highest BCUT2D eigenvalue weighted by molar-refractivity contribution is 5.44. The van der Waals surface area contributed by atoms with Gasteiger partial charge in [0.1, 0.15) is 5.69 Å². The van der Waals surface area contributed by atoms with Gasteiger partial charge in [-0.2, -0.15) is 0 Å². The Labute approximate surface area is 111 Å². The monoisotopic (exact) mass is 319 g/mol. The molecule has 1 aromatic rings. The number of hydrogen-bond donors (Lipinski definition) is 0. The number of quaternary nitrogens is 1. The molecular weight excluding hydrogens is 297 g/mol. The lowest BCUT2D eigenvalue weighted by Gasteiger charge is -2.35. The van der Waals surface area contributed by atoms with Crippen molar-refractivity contribution in [1.82, 2.24) is 4.48 Å². The number of halogens is 1. The molecule has 0 heterocycles. The van der Waals surface area contributed by atoms with Crippen LogP contribution in [0.3, 0.4) is 0 Å². The van der Waals surface area contributed by atoms with E-state index in [0.717, 1.165) is 4.48 Å². The molecule has 0 bridgehead atoms. The fraction of sp³-hybridized carbons (Fsp3) is 0.538. The van der Waals surface area contributed by atoms with E-state index in [2.05, 4.69) is 52.0 Å². The molecule has 0 radical (unpaired) electrons. The fourth-order valence-electron chi connectivity index (χ4n) is 2.08. The van der Waals surface area contributed by atoms with E-state index in [4.69, 9.17) is 0 Å². The second-order valence-electron chi connectivity index (χ2n) is 3.93. The summed E-state index contributed by atoms with van der Waals surface area (Å²) >= 11 is 0. The molecule has 0 unspecified atom stereocenters. The molecule has 0 aromatic heterocycles. The molecule has 0 saturated carbocycles. The molecule has 0 saturated heterocycles. The van der Waals surface area contributed by atoms with Crippen LogP contribution in [-0.2, 0) is 0 Å². The van der Waals surface area contributed by atoms with Crippen LogP contribution in [0.2, 0.25) is 0 Å². The first-order valence-corrected chi connectivity index (χ1v) is 5.61. The average molecular weight is 319 g/mol. The highest BCUT2D eigenvalue weighted by Crippen LogP contribution is 2.22. The van der Waals surface area contributed by atoms with Gasteiger partial charge in [0.2, 0.25) is 0 Å². The molecule has 15 heavy (non-hydrogen) atoms. The third-order valence-corrected chi connectivity index (χ3v) is 3.40. The maximum absolute atomic E-state index is 2.27. The van der Waals surface area contributed by atoms with Crippen LogP contribution in [0.15, 0.2) is 24.3 Å². The molecule has 0 atom stereocenters. The Morgan fingerprint density at radius 2 is 1.27 bits per heavy atom. The van der Waals surface area contributed by atoms with Crippen molar-refractivity contribution >= 4 is 5.69 Å². The molecule has 1 aromatic carbocycles. The van der Waals surface area contributed by atoms with E-state index in [0.29, 0.717) is 0 Å². The average Bonchev–Trinajstić information content (AvgIpc) is 2.24. The van der Waals surface area contributed by atoms with Crippen molar-refractivity contribution in [2.75, 3.05) is 19.6 Å². The Kier molecular flexibility index (Phi) is 6.44. The topological polar surface area (TPSA) is 0 Å². The summed E-state index contributed by atoms with van der Waals surface area (Å²) in [6.07, 6.45) is 0. The smallest absolute Gasteiger partial charge is 0.132 e. The van der Waals surface area contributed by atoms with Crippen LogP contribution >= 0.6 is 0 Å². The van der Waals surface area contributed by atoms with Gasteiger partial charge < -0.3 is 24.0 Å². The van der Waals surface area contributed by atoms with Gasteiger partial charge in [0.15, 0.2) is 0 Å². The summed E-state index contributed by atoms with van der Waals surface area (Å²) in [6, 6.07) is 8.96. The standard InChI is InChI=1S/C13H22N.HI/c1-5-14(6-2,7-3)13-10-8-12(4)9-11-13;/h8-11H,5-7H2,1-4H3;1H/q+1;/p-1. The van der Waals surface area contributed by atoms with E-state index in [-0.39, 0.29) is 24.0 Å². The van der Waals surface area contributed by atoms with E-state index in [1.54, 1.807) is 0 Å². The zero-order valence-corrected chi connectivity index (χ0v) is 12.4. The molecule has 1 nitrogen and oxygen atoms in total. The highest BCUT2D eigenvalue weighted by Gasteiger charge is 2.23. The van der Waals surface area contributed by atoms with Crippen LogP contribution < -0.4 is 28.5 Å². The first-order valence-electron chi connectivity index (χ1n) is 5.61. The second kappa shape index (κ2) is 6.48. The molecular formula is C13H22IN. The molecule has 1 rings (SSSR count). The van der Waals surface area contributed by atoms with Crippen LogP contribution in [-0.4, -0.2) is 19.6 Å². The summed E-state index contributed by atoms with van der Waals surface area (Å²) in [7, 11) is 0. The van der Waals surface area contributed by atoms with Crippen LogP contribution in [0.25, 0.3) is 0 Å². The molecule has 0 fully saturated rings. The lowest BCUT2D eigenvalue weighted by molar-refractivity contribution is -0.00000314. The Bertz CT molecular complexity index is 267. The van der Waals surface area contributed by atoms with Crippen molar-refractivity contribution in [3.05, 3.63) is 29.8 Å². The number of hydrogen-bond acceptors (Lipinski definition) is 0. The first kappa shape index (κ1) is 14.9. The SMILES string of the molecule is CC[N+](CC)(CC)c1ccc(C)cc1.[I-]. The predicted octanol–water partition coefficient (Wildman–Crippen LogP) is 0.366. The van der Waals surface area contributed by atoms with Gasteiger partial charge in [-0.1, -0.05) is 17.7 Å². The molecule has 0 aliphatic heterocycles. The van der Waals surface area contributed by atoms with Gasteiger partial charge in [0.25, 0.3) is 0 Å². The van der Waals surface area contributed by atoms with E-state index in [1.165, 1.54) is 30.9 Å². The van der Waals surface area contributed by atoms with Crippen LogP contribution in [0.5, 0.6) is 0 Å². The van der Waals surface area contributed by atoms with Crippen LogP contribution in [0, 0.1) is 6.92 Å². The lowest BCUT2D eigenvalue weighted by Crippen LogP contribution is -3.00. The molecule has 0 aliphatic rings. The zero-order valence-electron chi connectivity index (χ0n) is 10.3. The van der Waals surface area contributed by atoms with E-state index >= 15 is 0 Å². The van der Waals surface area contributed by atoms with Gasteiger partial charge >= 0.3 is 0 Å². The number of nitrogens with zero attached hydrogens (tertiary/aromatic N) is 1. The van der Waals surface area contributed by atoms with Gasteiger partial charge in [0, 0.05) is 0 Å². The largest absolute Gasteiger partial charge is 1.00 e. The molecule has 86 valence electrons. The van der Waals surface area contributed by atoms with Crippen LogP contribution in [0.4, 0.5) is 5.69 Å². The van der Waals surface area contributed by atoms with Crippen molar-refractivity contribution < 1.29 is 24.0 Å². The summed E-state index contributed by atoms with van der Waals surface area (Å²) in [5, 5.41) is 0. The van der Waals surface area contributed by atoms with E-state index < -0.39 is 0 Å². The number of aryl methyl sites for hydroxylation is 1. The Morgan fingerprint density at radius 3 is 1.60 bits per heavy atom. The maximum atomic E-state index is 2.27. The van der Waals surface area contributed by atoms with Gasteiger partial charge in [0.05, 0.1) is 19.6 Å². The van der Waals surface area contributed by atoms with Gasteiger partial charge in [-0.05, 0) is 39.8 Å². The molecule has 0 aliphatic carbocycles. The zero-order chi connectivity index (χ0) is 10.6. The van der Waals surface area contributed by atoms with Gasteiger partial charge in [-0.15, -0.1) is 0 Å².